The lowest BCUT2D eigenvalue weighted by Crippen LogP contribution is -2.12. The molecule has 1 saturated carbocycles. The van der Waals surface area contributed by atoms with Crippen LogP contribution in [0, 0.1) is 5.82 Å². The Labute approximate surface area is 156 Å². The quantitative estimate of drug-likeness (QED) is 0.693. The second-order valence-electron chi connectivity index (χ2n) is 6.89. The Bertz CT molecular complexity index is 1010. The van der Waals surface area contributed by atoms with Gasteiger partial charge in [-0.1, -0.05) is 0 Å². The molecular formula is C20H21FN4O2. The SMILES string of the molecule is COc1ccc(-c2cc(C3CC3)c3c(cnn3CCCC(N)=O)n2)c(F)c1. The third kappa shape index (κ3) is 3.49. The van der Waals surface area contributed by atoms with E-state index in [-0.39, 0.29) is 11.7 Å². The van der Waals surface area contributed by atoms with Gasteiger partial charge in [-0.25, -0.2) is 9.37 Å². The topological polar surface area (TPSA) is 83.0 Å². The van der Waals surface area contributed by atoms with Crippen LogP contribution in [0.15, 0.2) is 30.5 Å². The summed E-state index contributed by atoms with van der Waals surface area (Å²) < 4.78 is 21.5. The van der Waals surface area contributed by atoms with E-state index in [1.165, 1.54) is 13.2 Å². The first-order chi connectivity index (χ1) is 13.1. The Morgan fingerprint density at radius 1 is 1.37 bits per heavy atom. The van der Waals surface area contributed by atoms with Crippen LogP contribution in [0.3, 0.4) is 0 Å². The van der Waals surface area contributed by atoms with Gasteiger partial charge in [-0.3, -0.25) is 9.48 Å². The lowest BCUT2D eigenvalue weighted by atomic mass is 10.0. The molecule has 1 aliphatic rings. The molecule has 3 aromatic rings. The largest absolute Gasteiger partial charge is 0.497 e. The number of primary amides is 1. The van der Waals surface area contributed by atoms with Crippen LogP contribution in [0.1, 0.15) is 37.2 Å². The zero-order valence-corrected chi connectivity index (χ0v) is 15.1. The van der Waals surface area contributed by atoms with Gasteiger partial charge in [0, 0.05) is 24.6 Å². The van der Waals surface area contributed by atoms with E-state index < -0.39 is 0 Å². The number of methoxy groups -OCH3 is 1. The Hall–Kier alpha value is -2.96. The summed E-state index contributed by atoms with van der Waals surface area (Å²) in [6, 6.07) is 6.76. The molecule has 0 saturated heterocycles. The van der Waals surface area contributed by atoms with Gasteiger partial charge in [0.2, 0.25) is 5.91 Å². The van der Waals surface area contributed by atoms with Crippen LogP contribution in [0.2, 0.25) is 0 Å². The third-order valence-corrected chi connectivity index (χ3v) is 4.89. The number of hydrogen-bond donors (Lipinski definition) is 1. The van der Waals surface area contributed by atoms with Crippen molar-refractivity contribution >= 4 is 16.9 Å². The Balaban J connectivity index is 1.75. The summed E-state index contributed by atoms with van der Waals surface area (Å²) >= 11 is 0. The van der Waals surface area contributed by atoms with Gasteiger partial charge in [0.15, 0.2) is 0 Å². The number of carbonyl (C=O) groups excluding carboxylic acids is 1. The lowest BCUT2D eigenvalue weighted by molar-refractivity contribution is -0.118. The number of carbonyl (C=O) groups is 1. The standard InChI is InChI=1S/C20H21FN4O2/c1-27-13-6-7-14(16(21)9-13)17-10-15(12-4-5-12)20-18(24-17)11-23-25(20)8-2-3-19(22)26/h6-7,9-12H,2-5,8H2,1H3,(H2,22,26). The Kier molecular flexibility index (Phi) is 4.51. The van der Waals surface area contributed by atoms with Crippen LogP contribution >= 0.6 is 0 Å². The lowest BCUT2D eigenvalue weighted by Gasteiger charge is -2.11. The summed E-state index contributed by atoms with van der Waals surface area (Å²) in [5.74, 6) is 0.241. The molecule has 0 spiro atoms. The molecule has 1 aliphatic carbocycles. The summed E-state index contributed by atoms with van der Waals surface area (Å²) in [7, 11) is 1.51. The predicted octanol–water partition coefficient (Wildman–Crippen LogP) is 3.39. The van der Waals surface area contributed by atoms with Crippen molar-refractivity contribution in [3.8, 4) is 17.0 Å². The Morgan fingerprint density at radius 2 is 2.19 bits per heavy atom. The molecule has 7 heteroatoms. The number of hydrogen-bond acceptors (Lipinski definition) is 4. The number of ether oxygens (including phenoxy) is 1. The first-order valence-electron chi connectivity index (χ1n) is 9.05. The maximum absolute atomic E-state index is 14.5. The van der Waals surface area contributed by atoms with Crippen molar-refractivity contribution < 1.29 is 13.9 Å². The maximum Gasteiger partial charge on any atom is 0.217 e. The number of nitrogens with two attached hydrogens (primary N) is 1. The molecule has 1 amide bonds. The smallest absolute Gasteiger partial charge is 0.217 e. The van der Waals surface area contributed by atoms with Crippen molar-refractivity contribution in [2.75, 3.05) is 7.11 Å². The van der Waals surface area contributed by atoms with E-state index in [2.05, 4.69) is 10.1 Å². The number of pyridine rings is 1. The molecular weight excluding hydrogens is 347 g/mol. The van der Waals surface area contributed by atoms with Crippen molar-refractivity contribution in [3.05, 3.63) is 41.8 Å². The molecule has 4 rings (SSSR count). The van der Waals surface area contributed by atoms with E-state index in [9.17, 15) is 9.18 Å². The highest BCUT2D eigenvalue weighted by atomic mass is 19.1. The van der Waals surface area contributed by atoms with E-state index in [1.807, 2.05) is 10.7 Å². The van der Waals surface area contributed by atoms with Crippen LogP contribution in [0.25, 0.3) is 22.3 Å². The molecule has 2 heterocycles. The number of nitrogens with zero attached hydrogens (tertiary/aromatic N) is 3. The highest BCUT2D eigenvalue weighted by Crippen LogP contribution is 2.44. The number of benzene rings is 1. The van der Waals surface area contributed by atoms with Crippen molar-refractivity contribution in [2.24, 2.45) is 5.73 Å². The molecule has 6 nitrogen and oxygen atoms in total. The minimum absolute atomic E-state index is 0.315. The van der Waals surface area contributed by atoms with E-state index in [4.69, 9.17) is 10.5 Å². The summed E-state index contributed by atoms with van der Waals surface area (Å²) in [5.41, 5.74) is 9.12. The van der Waals surface area contributed by atoms with E-state index in [0.29, 0.717) is 42.3 Å². The van der Waals surface area contributed by atoms with Gasteiger partial charge in [0.05, 0.1) is 24.5 Å². The highest BCUT2D eigenvalue weighted by Gasteiger charge is 2.28. The second-order valence-corrected chi connectivity index (χ2v) is 6.89. The van der Waals surface area contributed by atoms with Crippen LogP contribution in [-0.4, -0.2) is 27.8 Å². The van der Waals surface area contributed by atoms with Crippen LogP contribution in [0.4, 0.5) is 4.39 Å². The molecule has 27 heavy (non-hydrogen) atoms. The molecule has 1 fully saturated rings. The number of rotatable bonds is 7. The maximum atomic E-state index is 14.5. The van der Waals surface area contributed by atoms with Crippen molar-refractivity contribution in [1.82, 2.24) is 14.8 Å². The van der Waals surface area contributed by atoms with Gasteiger partial charge >= 0.3 is 0 Å². The van der Waals surface area contributed by atoms with Crippen molar-refractivity contribution in [2.45, 2.75) is 38.1 Å². The van der Waals surface area contributed by atoms with Gasteiger partial charge in [-0.15, -0.1) is 0 Å². The fourth-order valence-electron chi connectivity index (χ4n) is 3.38. The number of amides is 1. The monoisotopic (exact) mass is 368 g/mol. The van der Waals surface area contributed by atoms with Gasteiger partial charge in [0.25, 0.3) is 0 Å². The first kappa shape index (κ1) is 17.5. The molecule has 0 unspecified atom stereocenters. The molecule has 2 N–H and O–H groups in total. The summed E-state index contributed by atoms with van der Waals surface area (Å²) in [6.45, 7) is 0.601. The number of aromatic nitrogens is 3. The molecule has 0 atom stereocenters. The average Bonchev–Trinajstić information content (AvgIpc) is 3.42. The van der Waals surface area contributed by atoms with Gasteiger partial charge in [-0.05, 0) is 48.9 Å². The van der Waals surface area contributed by atoms with Gasteiger partial charge < -0.3 is 10.5 Å². The average molecular weight is 368 g/mol. The minimum Gasteiger partial charge on any atom is -0.497 e. The van der Waals surface area contributed by atoms with Crippen molar-refractivity contribution in [1.29, 1.82) is 0 Å². The van der Waals surface area contributed by atoms with Crippen LogP contribution in [0.5, 0.6) is 5.75 Å². The highest BCUT2D eigenvalue weighted by molar-refractivity contribution is 5.83. The summed E-state index contributed by atoms with van der Waals surface area (Å²) in [4.78, 5) is 15.6. The summed E-state index contributed by atoms with van der Waals surface area (Å²) in [5, 5.41) is 4.44. The molecule has 0 radical (unpaired) electrons. The number of aryl methyl sites for hydroxylation is 1. The van der Waals surface area contributed by atoms with E-state index in [0.717, 1.165) is 29.4 Å². The molecule has 140 valence electrons. The molecule has 0 bridgehead atoms. The van der Waals surface area contributed by atoms with Gasteiger partial charge in [0.1, 0.15) is 17.1 Å². The second kappa shape index (κ2) is 6.98. The summed E-state index contributed by atoms with van der Waals surface area (Å²) in [6.07, 6.45) is 4.87. The zero-order chi connectivity index (χ0) is 19.0. The fourth-order valence-corrected chi connectivity index (χ4v) is 3.38. The number of fused-ring (bicyclic) bond motifs is 1. The van der Waals surface area contributed by atoms with Crippen molar-refractivity contribution in [3.63, 3.8) is 0 Å². The zero-order valence-electron chi connectivity index (χ0n) is 15.1. The molecule has 2 aromatic heterocycles. The van der Waals surface area contributed by atoms with E-state index in [1.54, 1.807) is 18.3 Å². The predicted molar refractivity (Wildman–Crippen MR) is 99.9 cm³/mol. The van der Waals surface area contributed by atoms with Crippen LogP contribution < -0.4 is 10.5 Å². The normalized spacial score (nSPS) is 13.9. The first-order valence-corrected chi connectivity index (χ1v) is 9.05. The van der Waals surface area contributed by atoms with Crippen LogP contribution in [-0.2, 0) is 11.3 Å². The molecule has 0 aliphatic heterocycles. The van der Waals surface area contributed by atoms with E-state index >= 15 is 0 Å². The molecule has 1 aromatic carbocycles. The Morgan fingerprint density at radius 3 is 2.85 bits per heavy atom. The third-order valence-electron chi connectivity index (χ3n) is 4.89. The van der Waals surface area contributed by atoms with Gasteiger partial charge in [-0.2, -0.15) is 5.10 Å². The number of halogens is 1. The minimum atomic E-state index is -0.364. The fraction of sp³-hybridized carbons (Fsp3) is 0.350.